The number of halogens is 1. The SMILES string of the molecule is CC=C(C=CCC)C(=O)Cl. The number of carbonyl (C=O) groups excluding carboxylic acids is 1. The lowest BCUT2D eigenvalue weighted by Crippen LogP contribution is -1.87. The van der Waals surface area contributed by atoms with E-state index in [0.717, 1.165) is 6.42 Å². The van der Waals surface area contributed by atoms with E-state index in [0.29, 0.717) is 5.57 Å². The van der Waals surface area contributed by atoms with Gasteiger partial charge in [-0.05, 0) is 24.9 Å². The normalized spacial score (nSPS) is 12.5. The van der Waals surface area contributed by atoms with Gasteiger partial charge in [0.1, 0.15) is 0 Å². The Hall–Kier alpha value is -0.560. The lowest BCUT2D eigenvalue weighted by Gasteiger charge is -1.88. The van der Waals surface area contributed by atoms with Crippen molar-refractivity contribution in [2.24, 2.45) is 0 Å². The van der Waals surface area contributed by atoms with E-state index >= 15 is 0 Å². The summed E-state index contributed by atoms with van der Waals surface area (Å²) in [6.07, 6.45) is 6.24. The molecule has 56 valence electrons. The van der Waals surface area contributed by atoms with E-state index in [-0.39, 0.29) is 0 Å². The van der Waals surface area contributed by atoms with Gasteiger partial charge < -0.3 is 0 Å². The zero-order valence-electron chi connectivity index (χ0n) is 6.23. The first kappa shape index (κ1) is 9.44. The minimum absolute atomic E-state index is 0.396. The second kappa shape index (κ2) is 5.24. The van der Waals surface area contributed by atoms with Gasteiger partial charge in [-0.2, -0.15) is 0 Å². The van der Waals surface area contributed by atoms with E-state index in [1.165, 1.54) is 0 Å². The van der Waals surface area contributed by atoms with Crippen molar-refractivity contribution in [3.8, 4) is 0 Å². The monoisotopic (exact) mass is 158 g/mol. The van der Waals surface area contributed by atoms with Gasteiger partial charge in [0.15, 0.2) is 0 Å². The molecular weight excluding hydrogens is 148 g/mol. The van der Waals surface area contributed by atoms with E-state index in [2.05, 4.69) is 0 Å². The molecule has 0 aliphatic carbocycles. The average Bonchev–Trinajstić information content (AvgIpc) is 1.89. The van der Waals surface area contributed by atoms with Crippen molar-refractivity contribution in [2.45, 2.75) is 20.3 Å². The minimum atomic E-state index is -0.396. The molecule has 0 unspecified atom stereocenters. The number of carbonyl (C=O) groups is 1. The van der Waals surface area contributed by atoms with E-state index in [1.54, 1.807) is 19.1 Å². The second-order valence-corrected chi connectivity index (χ2v) is 2.17. The number of allylic oxidation sites excluding steroid dienone is 4. The smallest absolute Gasteiger partial charge is 0.252 e. The quantitative estimate of drug-likeness (QED) is 0.351. The Morgan fingerprint density at radius 3 is 2.50 bits per heavy atom. The molecule has 1 nitrogen and oxygen atoms in total. The van der Waals surface area contributed by atoms with Crippen molar-refractivity contribution in [3.63, 3.8) is 0 Å². The Balaban J connectivity index is 4.12. The molecule has 0 aliphatic rings. The molecule has 0 fully saturated rings. The fraction of sp³-hybridized carbons (Fsp3) is 0.375. The summed E-state index contributed by atoms with van der Waals surface area (Å²) in [5.74, 6) is 0. The molecule has 0 saturated heterocycles. The Kier molecular flexibility index (Phi) is 4.95. The molecule has 0 N–H and O–H groups in total. The van der Waals surface area contributed by atoms with Gasteiger partial charge in [-0.15, -0.1) is 0 Å². The van der Waals surface area contributed by atoms with Crippen LogP contribution in [0.15, 0.2) is 23.8 Å². The van der Waals surface area contributed by atoms with Crippen LogP contribution in [0.1, 0.15) is 20.3 Å². The third kappa shape index (κ3) is 3.46. The molecule has 0 bridgehead atoms. The molecule has 0 aromatic heterocycles. The first-order valence-corrected chi connectivity index (χ1v) is 3.62. The van der Waals surface area contributed by atoms with Crippen molar-refractivity contribution in [2.75, 3.05) is 0 Å². The summed E-state index contributed by atoms with van der Waals surface area (Å²) in [7, 11) is 0. The highest BCUT2D eigenvalue weighted by molar-refractivity contribution is 6.68. The molecule has 2 heteroatoms. The van der Waals surface area contributed by atoms with Gasteiger partial charge in [-0.25, -0.2) is 0 Å². The Morgan fingerprint density at radius 2 is 2.20 bits per heavy atom. The van der Waals surface area contributed by atoms with Crippen LogP contribution in [-0.2, 0) is 4.79 Å². The van der Waals surface area contributed by atoms with Crippen molar-refractivity contribution in [3.05, 3.63) is 23.8 Å². The minimum Gasteiger partial charge on any atom is -0.276 e. The lowest BCUT2D eigenvalue weighted by atomic mass is 10.2. The molecule has 0 radical (unpaired) electrons. The third-order valence-electron chi connectivity index (χ3n) is 1.07. The Morgan fingerprint density at radius 1 is 1.60 bits per heavy atom. The standard InChI is InChI=1S/C8H11ClO/c1-3-5-6-7(4-2)8(9)10/h4-6H,3H2,1-2H3. The maximum absolute atomic E-state index is 10.5. The highest BCUT2D eigenvalue weighted by Gasteiger charge is 1.97. The zero-order valence-corrected chi connectivity index (χ0v) is 6.98. The van der Waals surface area contributed by atoms with Crippen LogP contribution < -0.4 is 0 Å². The lowest BCUT2D eigenvalue weighted by molar-refractivity contribution is -0.108. The fourth-order valence-corrected chi connectivity index (χ4v) is 0.692. The summed E-state index contributed by atoms with van der Waals surface area (Å²) in [6, 6.07) is 0. The van der Waals surface area contributed by atoms with Crippen LogP contribution in [0.3, 0.4) is 0 Å². The Labute approximate surface area is 66.4 Å². The molecular formula is C8H11ClO. The van der Waals surface area contributed by atoms with Gasteiger partial charge in [0, 0.05) is 5.57 Å². The summed E-state index contributed by atoms with van der Waals surface area (Å²) >= 11 is 5.22. The number of hydrogen-bond acceptors (Lipinski definition) is 1. The van der Waals surface area contributed by atoms with E-state index in [4.69, 9.17) is 11.6 Å². The van der Waals surface area contributed by atoms with E-state index in [9.17, 15) is 4.79 Å². The van der Waals surface area contributed by atoms with Crippen molar-refractivity contribution < 1.29 is 4.79 Å². The van der Waals surface area contributed by atoms with Crippen LogP contribution in [0.25, 0.3) is 0 Å². The zero-order chi connectivity index (χ0) is 7.98. The predicted molar refractivity (Wildman–Crippen MR) is 44.0 cm³/mol. The molecule has 10 heavy (non-hydrogen) atoms. The number of rotatable bonds is 3. The topological polar surface area (TPSA) is 17.1 Å². The van der Waals surface area contributed by atoms with Crippen LogP contribution in [-0.4, -0.2) is 5.24 Å². The van der Waals surface area contributed by atoms with Crippen LogP contribution in [0.2, 0.25) is 0 Å². The van der Waals surface area contributed by atoms with Gasteiger partial charge >= 0.3 is 0 Å². The molecule has 0 aliphatic heterocycles. The third-order valence-corrected chi connectivity index (χ3v) is 1.29. The first-order chi connectivity index (χ1) is 4.72. The van der Waals surface area contributed by atoms with Gasteiger partial charge in [0.25, 0.3) is 5.24 Å². The molecule has 0 atom stereocenters. The molecule has 0 heterocycles. The van der Waals surface area contributed by atoms with Crippen molar-refractivity contribution >= 4 is 16.8 Å². The fourth-order valence-electron chi connectivity index (χ4n) is 0.520. The largest absolute Gasteiger partial charge is 0.276 e. The van der Waals surface area contributed by atoms with E-state index in [1.807, 2.05) is 13.0 Å². The highest BCUT2D eigenvalue weighted by Crippen LogP contribution is 2.02. The molecule has 0 spiro atoms. The molecule has 0 aromatic carbocycles. The van der Waals surface area contributed by atoms with Gasteiger partial charge in [0.05, 0.1) is 0 Å². The predicted octanol–water partition coefficient (Wildman–Crippen LogP) is 2.66. The maximum atomic E-state index is 10.5. The van der Waals surface area contributed by atoms with Gasteiger partial charge in [-0.1, -0.05) is 25.2 Å². The van der Waals surface area contributed by atoms with Crippen LogP contribution in [0.4, 0.5) is 0 Å². The highest BCUT2D eigenvalue weighted by atomic mass is 35.5. The molecule has 0 rings (SSSR count). The van der Waals surface area contributed by atoms with Crippen LogP contribution in [0, 0.1) is 0 Å². The second-order valence-electron chi connectivity index (χ2n) is 1.83. The summed E-state index contributed by atoms with van der Waals surface area (Å²) in [4.78, 5) is 10.5. The van der Waals surface area contributed by atoms with Crippen molar-refractivity contribution in [1.29, 1.82) is 0 Å². The number of hydrogen-bond donors (Lipinski definition) is 0. The maximum Gasteiger partial charge on any atom is 0.252 e. The van der Waals surface area contributed by atoms with Crippen LogP contribution in [0.5, 0.6) is 0 Å². The average molecular weight is 159 g/mol. The van der Waals surface area contributed by atoms with Gasteiger partial charge in [-0.3, -0.25) is 4.79 Å². The van der Waals surface area contributed by atoms with Crippen LogP contribution >= 0.6 is 11.6 Å². The molecule has 0 aromatic rings. The molecule has 0 amide bonds. The summed E-state index contributed by atoms with van der Waals surface area (Å²) < 4.78 is 0. The Bertz CT molecular complexity index is 168. The summed E-state index contributed by atoms with van der Waals surface area (Å²) in [5, 5.41) is -0.396. The first-order valence-electron chi connectivity index (χ1n) is 3.25. The summed E-state index contributed by atoms with van der Waals surface area (Å²) in [6.45, 7) is 3.79. The molecule has 0 saturated carbocycles. The van der Waals surface area contributed by atoms with Gasteiger partial charge in [0.2, 0.25) is 0 Å². The van der Waals surface area contributed by atoms with Crippen molar-refractivity contribution in [1.82, 2.24) is 0 Å². The summed E-state index contributed by atoms with van der Waals surface area (Å²) in [5.41, 5.74) is 0.559. The van der Waals surface area contributed by atoms with E-state index < -0.39 is 5.24 Å².